The summed E-state index contributed by atoms with van der Waals surface area (Å²) in [5, 5.41) is 22.8. The molecule has 1 heterocycles. The average molecular weight is 292 g/mol. The smallest absolute Gasteiger partial charge is 0.157 e. The summed E-state index contributed by atoms with van der Waals surface area (Å²) in [6.07, 6.45) is 0.868. The molecule has 0 spiro atoms. The second-order valence-corrected chi connectivity index (χ2v) is 4.96. The molecule has 0 aliphatic carbocycles. The quantitative estimate of drug-likeness (QED) is 0.708. The van der Waals surface area contributed by atoms with Crippen molar-refractivity contribution in [3.63, 3.8) is 0 Å². The summed E-state index contributed by atoms with van der Waals surface area (Å²) in [5.74, 6) is 0.138. The van der Waals surface area contributed by atoms with E-state index in [1.54, 1.807) is 12.1 Å². The maximum Gasteiger partial charge on any atom is 0.157 e. The molecule has 0 saturated carbocycles. The van der Waals surface area contributed by atoms with E-state index in [1.165, 1.54) is 5.56 Å². The van der Waals surface area contributed by atoms with Gasteiger partial charge in [-0.1, -0.05) is 30.3 Å². The molecule has 1 aliphatic heterocycles. The SMILES string of the molecule is Cl.Oc1cc2c(cc1O)[C@H](c1ccccc1)CNCC2. The number of hydrogen-bond donors (Lipinski definition) is 3. The minimum absolute atomic E-state index is 0. The van der Waals surface area contributed by atoms with E-state index in [9.17, 15) is 10.2 Å². The fourth-order valence-corrected chi connectivity index (χ4v) is 2.74. The topological polar surface area (TPSA) is 52.5 Å². The van der Waals surface area contributed by atoms with Crippen molar-refractivity contribution >= 4 is 12.4 Å². The monoisotopic (exact) mass is 291 g/mol. The van der Waals surface area contributed by atoms with Crippen LogP contribution >= 0.6 is 12.4 Å². The number of hydrogen-bond acceptors (Lipinski definition) is 3. The Morgan fingerprint density at radius 1 is 1.00 bits per heavy atom. The molecule has 0 aromatic heterocycles. The first-order chi connectivity index (χ1) is 9.25. The Labute approximate surface area is 124 Å². The van der Waals surface area contributed by atoms with E-state index in [4.69, 9.17) is 0 Å². The standard InChI is InChI=1S/C16H17NO2.ClH/c18-15-8-12-6-7-17-10-14(13(12)9-16(15)19)11-4-2-1-3-5-11;/h1-5,8-9,14,17-19H,6-7,10H2;1H/t14-;/m0./s1. The number of aromatic hydroxyl groups is 2. The van der Waals surface area contributed by atoms with Crippen LogP contribution in [-0.2, 0) is 6.42 Å². The van der Waals surface area contributed by atoms with Crippen molar-refractivity contribution in [2.75, 3.05) is 13.1 Å². The Morgan fingerprint density at radius 3 is 2.45 bits per heavy atom. The van der Waals surface area contributed by atoms with Gasteiger partial charge in [0.25, 0.3) is 0 Å². The Bertz CT molecular complexity index is 587. The molecule has 4 heteroatoms. The first-order valence-corrected chi connectivity index (χ1v) is 6.56. The Hall–Kier alpha value is -1.71. The largest absolute Gasteiger partial charge is 0.504 e. The van der Waals surface area contributed by atoms with E-state index in [2.05, 4.69) is 17.4 Å². The molecular weight excluding hydrogens is 274 g/mol. The van der Waals surface area contributed by atoms with E-state index >= 15 is 0 Å². The van der Waals surface area contributed by atoms with Crippen molar-refractivity contribution < 1.29 is 10.2 Å². The second-order valence-electron chi connectivity index (χ2n) is 4.96. The van der Waals surface area contributed by atoms with E-state index in [0.29, 0.717) is 0 Å². The van der Waals surface area contributed by atoms with Gasteiger partial charge in [-0.25, -0.2) is 0 Å². The molecule has 0 fully saturated rings. The summed E-state index contributed by atoms with van der Waals surface area (Å²) in [6, 6.07) is 13.7. The van der Waals surface area contributed by atoms with Crippen LogP contribution in [0.1, 0.15) is 22.6 Å². The molecule has 3 rings (SSSR count). The van der Waals surface area contributed by atoms with Gasteiger partial charge in [0.15, 0.2) is 11.5 Å². The molecule has 2 aromatic rings. The molecule has 1 aliphatic rings. The molecule has 20 heavy (non-hydrogen) atoms. The van der Waals surface area contributed by atoms with Crippen LogP contribution in [0.2, 0.25) is 0 Å². The van der Waals surface area contributed by atoms with Crippen molar-refractivity contribution in [3.05, 3.63) is 59.2 Å². The van der Waals surface area contributed by atoms with Crippen LogP contribution in [0.5, 0.6) is 11.5 Å². The molecule has 0 amide bonds. The van der Waals surface area contributed by atoms with Gasteiger partial charge < -0.3 is 15.5 Å². The number of nitrogens with one attached hydrogen (secondary N) is 1. The predicted octanol–water partition coefficient (Wildman–Crippen LogP) is 2.80. The van der Waals surface area contributed by atoms with Crippen LogP contribution in [0.3, 0.4) is 0 Å². The van der Waals surface area contributed by atoms with Gasteiger partial charge in [0, 0.05) is 12.5 Å². The van der Waals surface area contributed by atoms with Crippen LogP contribution in [0.15, 0.2) is 42.5 Å². The van der Waals surface area contributed by atoms with Crippen molar-refractivity contribution in [1.29, 1.82) is 0 Å². The first kappa shape index (κ1) is 14.7. The third-order valence-electron chi connectivity index (χ3n) is 3.73. The molecule has 1 atom stereocenters. The number of fused-ring (bicyclic) bond motifs is 1. The van der Waals surface area contributed by atoms with E-state index < -0.39 is 0 Å². The zero-order valence-electron chi connectivity index (χ0n) is 11.0. The van der Waals surface area contributed by atoms with Crippen molar-refractivity contribution in [1.82, 2.24) is 5.32 Å². The van der Waals surface area contributed by atoms with E-state index in [1.807, 2.05) is 18.2 Å². The highest BCUT2D eigenvalue weighted by Gasteiger charge is 2.21. The lowest BCUT2D eigenvalue weighted by Gasteiger charge is -2.18. The lowest BCUT2D eigenvalue weighted by atomic mass is 9.88. The number of phenolic OH excluding ortho intramolecular Hbond substituents is 2. The molecular formula is C16H18ClNO2. The van der Waals surface area contributed by atoms with Gasteiger partial charge in [0.2, 0.25) is 0 Å². The fraction of sp³-hybridized carbons (Fsp3) is 0.250. The molecule has 2 aromatic carbocycles. The molecule has 3 nitrogen and oxygen atoms in total. The molecule has 0 unspecified atom stereocenters. The van der Waals surface area contributed by atoms with Crippen molar-refractivity contribution in [2.45, 2.75) is 12.3 Å². The molecule has 106 valence electrons. The average Bonchev–Trinajstić information content (AvgIpc) is 2.63. The van der Waals surface area contributed by atoms with Gasteiger partial charge in [0.1, 0.15) is 0 Å². The van der Waals surface area contributed by atoms with Crippen LogP contribution < -0.4 is 5.32 Å². The summed E-state index contributed by atoms with van der Waals surface area (Å²) in [6.45, 7) is 1.74. The fourth-order valence-electron chi connectivity index (χ4n) is 2.74. The predicted molar refractivity (Wildman–Crippen MR) is 81.9 cm³/mol. The number of phenols is 2. The maximum absolute atomic E-state index is 9.76. The summed E-state index contributed by atoms with van der Waals surface area (Å²) in [4.78, 5) is 0. The number of rotatable bonds is 1. The van der Waals surface area contributed by atoms with Crippen molar-refractivity contribution in [2.24, 2.45) is 0 Å². The van der Waals surface area contributed by atoms with E-state index in [0.717, 1.165) is 30.6 Å². The molecule has 0 bridgehead atoms. The lowest BCUT2D eigenvalue weighted by molar-refractivity contribution is 0.402. The van der Waals surface area contributed by atoms with Crippen LogP contribution in [0.4, 0.5) is 0 Å². The highest BCUT2D eigenvalue weighted by atomic mass is 35.5. The van der Waals surface area contributed by atoms with Gasteiger partial charge in [-0.15, -0.1) is 12.4 Å². The van der Waals surface area contributed by atoms with Gasteiger partial charge >= 0.3 is 0 Å². The van der Waals surface area contributed by atoms with Gasteiger partial charge in [-0.2, -0.15) is 0 Å². The summed E-state index contributed by atoms with van der Waals surface area (Å²) in [7, 11) is 0. The molecule has 0 radical (unpaired) electrons. The highest BCUT2D eigenvalue weighted by Crippen LogP contribution is 2.36. The van der Waals surface area contributed by atoms with Gasteiger partial charge in [-0.05, 0) is 41.8 Å². The van der Waals surface area contributed by atoms with Gasteiger partial charge in [0.05, 0.1) is 0 Å². The number of halogens is 1. The third kappa shape index (κ3) is 2.74. The zero-order chi connectivity index (χ0) is 13.2. The zero-order valence-corrected chi connectivity index (χ0v) is 11.9. The lowest BCUT2D eigenvalue weighted by Crippen LogP contribution is -2.20. The maximum atomic E-state index is 9.76. The Morgan fingerprint density at radius 2 is 1.70 bits per heavy atom. The van der Waals surface area contributed by atoms with E-state index in [-0.39, 0.29) is 29.8 Å². The molecule has 3 N–H and O–H groups in total. The minimum atomic E-state index is -0.0402. The number of benzene rings is 2. The molecule has 0 saturated heterocycles. The van der Waals surface area contributed by atoms with Crippen LogP contribution in [0, 0.1) is 0 Å². The van der Waals surface area contributed by atoms with Crippen LogP contribution in [0.25, 0.3) is 0 Å². The summed E-state index contributed by atoms with van der Waals surface area (Å²) in [5.41, 5.74) is 3.43. The van der Waals surface area contributed by atoms with Crippen molar-refractivity contribution in [3.8, 4) is 11.5 Å². The van der Waals surface area contributed by atoms with Crippen LogP contribution in [-0.4, -0.2) is 23.3 Å². The minimum Gasteiger partial charge on any atom is -0.504 e. The normalized spacial score (nSPS) is 17.7. The van der Waals surface area contributed by atoms with Gasteiger partial charge in [-0.3, -0.25) is 0 Å². The summed E-state index contributed by atoms with van der Waals surface area (Å²) < 4.78 is 0. The second kappa shape index (κ2) is 6.16. The Balaban J connectivity index is 0.00000147. The third-order valence-corrected chi connectivity index (χ3v) is 3.73. The summed E-state index contributed by atoms with van der Waals surface area (Å²) >= 11 is 0. The highest BCUT2D eigenvalue weighted by molar-refractivity contribution is 5.85. The first-order valence-electron chi connectivity index (χ1n) is 6.56. The Kier molecular flexibility index (Phi) is 4.53.